The molecule has 0 saturated heterocycles. The summed E-state index contributed by atoms with van der Waals surface area (Å²) in [7, 11) is 0. The molecule has 6 heteroatoms. The van der Waals surface area contributed by atoms with Crippen molar-refractivity contribution in [3.05, 3.63) is 58.6 Å². The largest absolute Gasteiger partial charge is 0.361 e. The lowest BCUT2D eigenvalue weighted by Crippen LogP contribution is -2.37. The lowest BCUT2D eigenvalue weighted by molar-refractivity contribution is -0.135. The van der Waals surface area contributed by atoms with Crippen LogP contribution in [0.25, 0.3) is 0 Å². The summed E-state index contributed by atoms with van der Waals surface area (Å²) in [6.45, 7) is 0. The van der Waals surface area contributed by atoms with E-state index in [1.54, 1.807) is 48.5 Å². The minimum atomic E-state index is -1.05. The molecule has 102 valence electrons. The molecule has 0 fully saturated rings. The first-order valence-electron chi connectivity index (χ1n) is 5.64. The van der Waals surface area contributed by atoms with Crippen LogP contribution in [0.2, 0.25) is 10.0 Å². The van der Waals surface area contributed by atoms with Gasteiger partial charge in [0.1, 0.15) is 0 Å². The van der Waals surface area contributed by atoms with Gasteiger partial charge in [0.05, 0.1) is 0 Å². The highest BCUT2D eigenvalue weighted by molar-refractivity contribution is 6.41. The van der Waals surface area contributed by atoms with Crippen LogP contribution >= 0.6 is 23.2 Å². The maximum absolute atomic E-state index is 12.0. The van der Waals surface area contributed by atoms with E-state index >= 15 is 0 Å². The number of benzene rings is 2. The van der Waals surface area contributed by atoms with Gasteiger partial charge in [0.15, 0.2) is 0 Å². The first-order valence-corrected chi connectivity index (χ1v) is 6.39. The van der Waals surface area contributed by atoms with Crippen LogP contribution in [0.4, 0.5) is 11.4 Å². The van der Waals surface area contributed by atoms with Crippen LogP contribution in [0.1, 0.15) is 0 Å². The van der Waals surface area contributed by atoms with E-state index in [9.17, 15) is 9.59 Å². The SMILES string of the molecule is NC(=O)C(=O)N(c1ccc(Cl)cc1)c1ccc(Cl)cc1. The fourth-order valence-corrected chi connectivity index (χ4v) is 1.93. The van der Waals surface area contributed by atoms with Crippen molar-refractivity contribution >= 4 is 46.4 Å². The monoisotopic (exact) mass is 308 g/mol. The number of carbonyl (C=O) groups is 2. The Morgan fingerprint density at radius 1 is 0.800 bits per heavy atom. The predicted molar refractivity (Wildman–Crippen MR) is 79.2 cm³/mol. The van der Waals surface area contributed by atoms with Gasteiger partial charge in [-0.1, -0.05) is 23.2 Å². The second-order valence-electron chi connectivity index (χ2n) is 3.96. The minimum Gasteiger partial charge on any atom is -0.361 e. The molecule has 0 spiro atoms. The van der Waals surface area contributed by atoms with Crippen LogP contribution in [0.3, 0.4) is 0 Å². The molecular formula is C14H10Cl2N2O2. The number of nitrogens with two attached hydrogens (primary N) is 1. The van der Waals surface area contributed by atoms with Gasteiger partial charge >= 0.3 is 11.8 Å². The summed E-state index contributed by atoms with van der Waals surface area (Å²) in [5.74, 6) is -1.88. The third kappa shape index (κ3) is 3.10. The summed E-state index contributed by atoms with van der Waals surface area (Å²) in [5, 5.41) is 1.05. The highest BCUT2D eigenvalue weighted by Gasteiger charge is 2.22. The number of primary amides is 1. The highest BCUT2D eigenvalue weighted by Crippen LogP contribution is 2.27. The Morgan fingerprint density at radius 3 is 1.45 bits per heavy atom. The third-order valence-corrected chi connectivity index (χ3v) is 3.09. The van der Waals surface area contributed by atoms with Crippen molar-refractivity contribution in [2.24, 2.45) is 5.73 Å². The average Bonchev–Trinajstić information content (AvgIpc) is 2.43. The molecule has 0 aliphatic heterocycles. The van der Waals surface area contributed by atoms with Crippen LogP contribution in [0.5, 0.6) is 0 Å². The smallest absolute Gasteiger partial charge is 0.320 e. The van der Waals surface area contributed by atoms with Crippen molar-refractivity contribution in [3.8, 4) is 0 Å². The van der Waals surface area contributed by atoms with E-state index in [1.165, 1.54) is 4.90 Å². The van der Waals surface area contributed by atoms with Crippen LogP contribution in [-0.2, 0) is 9.59 Å². The molecule has 0 radical (unpaired) electrons. The first kappa shape index (κ1) is 14.4. The van der Waals surface area contributed by atoms with Crippen molar-refractivity contribution in [3.63, 3.8) is 0 Å². The zero-order valence-corrected chi connectivity index (χ0v) is 11.7. The number of hydrogen-bond donors (Lipinski definition) is 1. The summed E-state index contributed by atoms with van der Waals surface area (Å²) in [6, 6.07) is 13.0. The van der Waals surface area contributed by atoms with Crippen molar-refractivity contribution in [1.29, 1.82) is 0 Å². The Labute approximate surface area is 125 Å². The van der Waals surface area contributed by atoms with E-state index in [4.69, 9.17) is 28.9 Å². The maximum Gasteiger partial charge on any atom is 0.320 e. The molecule has 0 saturated carbocycles. The summed E-state index contributed by atoms with van der Waals surface area (Å²) in [5.41, 5.74) is 6.06. The lowest BCUT2D eigenvalue weighted by Gasteiger charge is -2.21. The second kappa shape index (κ2) is 5.94. The van der Waals surface area contributed by atoms with Gasteiger partial charge in [-0.2, -0.15) is 0 Å². The van der Waals surface area contributed by atoms with Crippen molar-refractivity contribution in [2.75, 3.05) is 4.90 Å². The Morgan fingerprint density at radius 2 is 1.15 bits per heavy atom. The normalized spacial score (nSPS) is 10.1. The summed E-state index contributed by atoms with van der Waals surface area (Å²) < 4.78 is 0. The topological polar surface area (TPSA) is 63.4 Å². The quantitative estimate of drug-likeness (QED) is 0.866. The van der Waals surface area contributed by atoms with E-state index in [-0.39, 0.29) is 0 Å². The Hall–Kier alpha value is -2.04. The number of nitrogens with zero attached hydrogens (tertiary/aromatic N) is 1. The maximum atomic E-state index is 12.0. The van der Waals surface area contributed by atoms with Crippen LogP contribution in [0, 0.1) is 0 Å². The summed E-state index contributed by atoms with van der Waals surface area (Å²) in [6.07, 6.45) is 0. The molecule has 0 unspecified atom stereocenters. The Bertz CT molecular complexity index is 594. The van der Waals surface area contributed by atoms with Crippen LogP contribution in [-0.4, -0.2) is 11.8 Å². The number of halogens is 2. The van der Waals surface area contributed by atoms with Crippen molar-refractivity contribution < 1.29 is 9.59 Å². The summed E-state index contributed by atoms with van der Waals surface area (Å²) >= 11 is 11.6. The lowest BCUT2D eigenvalue weighted by atomic mass is 10.2. The zero-order valence-electron chi connectivity index (χ0n) is 10.2. The van der Waals surface area contributed by atoms with Crippen LogP contribution < -0.4 is 10.6 Å². The van der Waals surface area contributed by atoms with Gasteiger partial charge in [0, 0.05) is 21.4 Å². The zero-order chi connectivity index (χ0) is 14.7. The average molecular weight is 309 g/mol. The second-order valence-corrected chi connectivity index (χ2v) is 4.83. The molecule has 2 N–H and O–H groups in total. The molecule has 0 aromatic heterocycles. The molecular weight excluding hydrogens is 299 g/mol. The first-order chi connectivity index (χ1) is 9.49. The number of hydrogen-bond acceptors (Lipinski definition) is 2. The van der Waals surface area contributed by atoms with Crippen molar-refractivity contribution in [2.45, 2.75) is 0 Å². The molecule has 0 aliphatic rings. The van der Waals surface area contributed by atoms with E-state index in [0.717, 1.165) is 0 Å². The fraction of sp³-hybridized carbons (Fsp3) is 0. The molecule has 0 atom stereocenters. The molecule has 2 rings (SSSR count). The number of amides is 2. The number of anilines is 2. The van der Waals surface area contributed by atoms with E-state index in [0.29, 0.717) is 21.4 Å². The van der Waals surface area contributed by atoms with E-state index in [2.05, 4.69) is 0 Å². The van der Waals surface area contributed by atoms with Gasteiger partial charge in [-0.25, -0.2) is 0 Å². The Balaban J connectivity index is 2.49. The molecule has 2 aromatic rings. The Kier molecular flexibility index (Phi) is 4.27. The number of rotatable bonds is 2. The fourth-order valence-electron chi connectivity index (χ4n) is 1.67. The van der Waals surface area contributed by atoms with Crippen molar-refractivity contribution in [1.82, 2.24) is 0 Å². The number of carbonyl (C=O) groups excluding carboxylic acids is 2. The molecule has 2 aromatic carbocycles. The predicted octanol–water partition coefficient (Wildman–Crippen LogP) is 3.14. The molecule has 2 amide bonds. The molecule has 20 heavy (non-hydrogen) atoms. The molecule has 0 aliphatic carbocycles. The molecule has 4 nitrogen and oxygen atoms in total. The van der Waals surface area contributed by atoms with E-state index in [1.807, 2.05) is 0 Å². The molecule has 0 heterocycles. The standard InChI is InChI=1S/C14H10Cl2N2O2/c15-9-1-5-11(6-2-9)18(14(20)13(17)19)12-7-3-10(16)4-8-12/h1-8H,(H2,17,19). The van der Waals surface area contributed by atoms with Gasteiger partial charge in [0.25, 0.3) is 0 Å². The van der Waals surface area contributed by atoms with Gasteiger partial charge in [-0.05, 0) is 48.5 Å². The highest BCUT2D eigenvalue weighted by atomic mass is 35.5. The van der Waals surface area contributed by atoms with Gasteiger partial charge in [-0.3, -0.25) is 14.5 Å². The van der Waals surface area contributed by atoms with E-state index < -0.39 is 11.8 Å². The third-order valence-electron chi connectivity index (χ3n) is 2.58. The van der Waals surface area contributed by atoms with Gasteiger partial charge < -0.3 is 5.73 Å². The molecule has 0 bridgehead atoms. The van der Waals surface area contributed by atoms with Gasteiger partial charge in [0.2, 0.25) is 0 Å². The van der Waals surface area contributed by atoms with Crippen LogP contribution in [0.15, 0.2) is 48.5 Å². The minimum absolute atomic E-state index is 0.487. The summed E-state index contributed by atoms with van der Waals surface area (Å²) in [4.78, 5) is 24.4. The van der Waals surface area contributed by atoms with Gasteiger partial charge in [-0.15, -0.1) is 0 Å².